The molecule has 5 heteroatoms. The van der Waals surface area contributed by atoms with E-state index in [4.69, 9.17) is 4.42 Å². The summed E-state index contributed by atoms with van der Waals surface area (Å²) in [5.74, 6) is 0.295. The van der Waals surface area contributed by atoms with E-state index in [0.29, 0.717) is 22.6 Å². The van der Waals surface area contributed by atoms with Gasteiger partial charge in [0, 0.05) is 5.56 Å². The van der Waals surface area contributed by atoms with E-state index in [1.165, 1.54) is 12.1 Å². The molecule has 19 heavy (non-hydrogen) atoms. The molecule has 0 aliphatic heterocycles. The number of hydrogen-bond acceptors (Lipinski definition) is 2. The smallest absolute Gasteiger partial charge is 0.416 e. The zero-order valence-electron chi connectivity index (χ0n) is 9.53. The molecule has 2 aromatic carbocycles. The molecule has 0 bridgehead atoms. The molecule has 0 unspecified atom stereocenters. The lowest BCUT2D eigenvalue weighted by molar-refractivity contribution is -0.137. The lowest BCUT2D eigenvalue weighted by Gasteiger charge is -2.05. The first kappa shape index (κ1) is 11.8. The van der Waals surface area contributed by atoms with Gasteiger partial charge < -0.3 is 4.42 Å². The third-order valence-corrected chi connectivity index (χ3v) is 2.69. The van der Waals surface area contributed by atoms with Crippen molar-refractivity contribution in [1.29, 1.82) is 0 Å². The van der Waals surface area contributed by atoms with Crippen molar-refractivity contribution in [3.63, 3.8) is 0 Å². The molecule has 95 valence electrons. The first-order chi connectivity index (χ1) is 9.04. The topological polar surface area (TPSA) is 26.0 Å². The predicted octanol–water partition coefficient (Wildman–Crippen LogP) is 4.31. The number of oxazole rings is 1. The highest BCUT2D eigenvalue weighted by Gasteiger charge is 2.30. The monoisotopic (exact) mass is 262 g/mol. The van der Waals surface area contributed by atoms with Crippen LogP contribution in [0.1, 0.15) is 5.56 Å². The fourth-order valence-electron chi connectivity index (χ4n) is 1.74. The van der Waals surface area contributed by atoms with Crippen LogP contribution in [0.25, 0.3) is 22.6 Å². The third-order valence-electron chi connectivity index (χ3n) is 2.69. The van der Waals surface area contributed by atoms with E-state index < -0.39 is 11.7 Å². The summed E-state index contributed by atoms with van der Waals surface area (Å²) in [5.41, 5.74) is 1.01. The number of nitrogens with zero attached hydrogens (tertiary/aromatic N) is 1. The van der Waals surface area contributed by atoms with Crippen molar-refractivity contribution in [3.05, 3.63) is 54.1 Å². The number of aromatic nitrogens is 1. The maximum atomic E-state index is 12.4. The molecule has 0 saturated carbocycles. The third kappa shape index (κ3) is 2.19. The highest BCUT2D eigenvalue weighted by atomic mass is 19.4. The zero-order valence-corrected chi connectivity index (χ0v) is 9.53. The van der Waals surface area contributed by atoms with Crippen molar-refractivity contribution >= 4 is 11.1 Å². The number of alkyl halides is 3. The van der Waals surface area contributed by atoms with E-state index in [0.717, 1.165) is 12.1 Å². The fraction of sp³-hybridized carbons (Fsp3) is 0.0714. The molecule has 2 nitrogen and oxygen atoms in total. The van der Waals surface area contributed by atoms with Crippen LogP contribution < -0.4 is 0 Å². The van der Waals surface area contributed by atoms with Gasteiger partial charge in [0.15, 0.2) is 5.58 Å². The Labute approximate surface area is 106 Å². The normalized spacial score (nSPS) is 11.9. The van der Waals surface area contributed by atoms with Crippen LogP contribution in [0.5, 0.6) is 0 Å². The second-order valence-electron chi connectivity index (χ2n) is 3.99. The lowest BCUT2D eigenvalue weighted by Crippen LogP contribution is -2.03. The van der Waals surface area contributed by atoms with Crippen LogP contribution in [0.15, 0.2) is 46.9 Å². The molecular weight excluding hydrogens is 255 g/mol. The molecule has 1 radical (unpaired) electrons. The number of fused-ring (bicyclic) bond motifs is 1. The van der Waals surface area contributed by atoms with Crippen LogP contribution in [-0.4, -0.2) is 4.98 Å². The summed E-state index contributed by atoms with van der Waals surface area (Å²) in [4.78, 5) is 4.21. The van der Waals surface area contributed by atoms with Crippen LogP contribution in [0, 0.1) is 6.07 Å². The summed E-state index contributed by atoms with van der Waals surface area (Å²) >= 11 is 0. The average molecular weight is 262 g/mol. The van der Waals surface area contributed by atoms with Crippen molar-refractivity contribution < 1.29 is 17.6 Å². The minimum atomic E-state index is -4.34. The predicted molar refractivity (Wildman–Crippen MR) is 63.3 cm³/mol. The van der Waals surface area contributed by atoms with Crippen molar-refractivity contribution in [2.24, 2.45) is 0 Å². The van der Waals surface area contributed by atoms with E-state index in [1.807, 2.05) is 0 Å². The zero-order chi connectivity index (χ0) is 13.5. The summed E-state index contributed by atoms with van der Waals surface area (Å²) in [6.07, 6.45) is -4.34. The summed E-state index contributed by atoms with van der Waals surface area (Å²) in [6.45, 7) is 0. The minimum Gasteiger partial charge on any atom is -0.436 e. The van der Waals surface area contributed by atoms with Crippen LogP contribution in [0.2, 0.25) is 0 Å². The van der Waals surface area contributed by atoms with Crippen molar-refractivity contribution in [3.8, 4) is 11.5 Å². The van der Waals surface area contributed by atoms with Crippen LogP contribution in [0.3, 0.4) is 0 Å². The number of benzene rings is 2. The standard InChI is InChI=1S/C14H7F3NO/c15-14(16,17)10-7-5-9(6-8-10)13-18-11-3-1-2-4-12(11)19-13/h1,3-8H. The van der Waals surface area contributed by atoms with Crippen molar-refractivity contribution in [2.75, 3.05) is 0 Å². The van der Waals surface area contributed by atoms with Gasteiger partial charge in [0.05, 0.1) is 5.56 Å². The van der Waals surface area contributed by atoms with Gasteiger partial charge in [-0.05, 0) is 42.5 Å². The summed E-state index contributed by atoms with van der Waals surface area (Å²) in [6, 6.07) is 12.6. The van der Waals surface area contributed by atoms with Gasteiger partial charge in [0.1, 0.15) is 5.52 Å². The minimum absolute atomic E-state index is 0.295. The first-order valence-corrected chi connectivity index (χ1v) is 5.48. The number of halogens is 3. The molecular formula is C14H7F3NO. The Bertz CT molecular complexity index is 680. The molecule has 0 spiro atoms. The average Bonchev–Trinajstić information content (AvgIpc) is 2.81. The van der Waals surface area contributed by atoms with Gasteiger partial charge in [0.2, 0.25) is 5.89 Å². The maximum absolute atomic E-state index is 12.4. The van der Waals surface area contributed by atoms with E-state index in [9.17, 15) is 13.2 Å². The molecule has 1 aromatic heterocycles. The molecule has 0 N–H and O–H groups in total. The molecule has 0 aliphatic rings. The Kier molecular flexibility index (Phi) is 2.55. The highest BCUT2D eigenvalue weighted by molar-refractivity contribution is 5.75. The van der Waals surface area contributed by atoms with Gasteiger partial charge in [-0.25, -0.2) is 4.98 Å². The summed E-state index contributed by atoms with van der Waals surface area (Å²) in [7, 11) is 0. The largest absolute Gasteiger partial charge is 0.436 e. The van der Waals surface area contributed by atoms with Crippen molar-refractivity contribution in [1.82, 2.24) is 4.98 Å². The molecule has 0 aliphatic carbocycles. The van der Waals surface area contributed by atoms with Gasteiger partial charge in [0.25, 0.3) is 0 Å². The number of rotatable bonds is 1. The van der Waals surface area contributed by atoms with Crippen molar-refractivity contribution in [2.45, 2.75) is 6.18 Å². The highest BCUT2D eigenvalue weighted by Crippen LogP contribution is 2.31. The molecule has 0 amide bonds. The van der Waals surface area contributed by atoms with Crippen LogP contribution >= 0.6 is 0 Å². The molecule has 0 saturated heterocycles. The van der Waals surface area contributed by atoms with Gasteiger partial charge >= 0.3 is 6.18 Å². The lowest BCUT2D eigenvalue weighted by atomic mass is 10.1. The van der Waals surface area contributed by atoms with Crippen LogP contribution in [0.4, 0.5) is 13.2 Å². The Hall–Kier alpha value is -2.30. The quantitative estimate of drug-likeness (QED) is 0.653. The van der Waals surface area contributed by atoms with Crippen LogP contribution in [-0.2, 0) is 6.18 Å². The molecule has 3 aromatic rings. The second-order valence-corrected chi connectivity index (χ2v) is 3.99. The maximum Gasteiger partial charge on any atom is 0.416 e. The van der Waals surface area contributed by atoms with Gasteiger partial charge in [-0.3, -0.25) is 0 Å². The van der Waals surface area contributed by atoms with E-state index in [1.54, 1.807) is 18.2 Å². The molecule has 0 fully saturated rings. The van der Waals surface area contributed by atoms with E-state index in [2.05, 4.69) is 11.1 Å². The Balaban J connectivity index is 2.02. The SMILES string of the molecule is FC(F)(F)c1ccc(-c2nc3cc[c]cc3o2)cc1. The molecule has 3 rings (SSSR count). The van der Waals surface area contributed by atoms with E-state index in [-0.39, 0.29) is 0 Å². The number of hydrogen-bond donors (Lipinski definition) is 0. The van der Waals surface area contributed by atoms with E-state index >= 15 is 0 Å². The van der Waals surface area contributed by atoms with Gasteiger partial charge in [-0.2, -0.15) is 13.2 Å². The second kappa shape index (κ2) is 4.12. The summed E-state index contributed by atoms with van der Waals surface area (Å²) in [5, 5.41) is 0. The summed E-state index contributed by atoms with van der Waals surface area (Å²) < 4.78 is 42.8. The fourth-order valence-corrected chi connectivity index (χ4v) is 1.74. The molecule has 0 atom stereocenters. The van der Waals surface area contributed by atoms with Gasteiger partial charge in [-0.1, -0.05) is 6.07 Å². The Morgan fingerprint density at radius 1 is 1.05 bits per heavy atom. The first-order valence-electron chi connectivity index (χ1n) is 5.48. The molecule has 1 heterocycles. The Morgan fingerprint density at radius 3 is 2.42 bits per heavy atom. The van der Waals surface area contributed by atoms with Gasteiger partial charge in [-0.15, -0.1) is 0 Å². The Morgan fingerprint density at radius 2 is 1.79 bits per heavy atom.